The third kappa shape index (κ3) is 3.93. The maximum atomic E-state index is 14.6. The van der Waals surface area contributed by atoms with Crippen molar-refractivity contribution in [2.75, 3.05) is 0 Å². The number of benzene rings is 1. The fourth-order valence-electron chi connectivity index (χ4n) is 3.01. The number of nitrogens with zero attached hydrogens (tertiary/aromatic N) is 1. The van der Waals surface area contributed by atoms with Crippen LogP contribution in [-0.4, -0.2) is 11.0 Å². The van der Waals surface area contributed by atoms with Gasteiger partial charge in [-0.25, -0.2) is 13.8 Å². The van der Waals surface area contributed by atoms with Gasteiger partial charge in [0.2, 0.25) is 0 Å². The Labute approximate surface area is 151 Å². The van der Waals surface area contributed by atoms with Crippen molar-refractivity contribution in [2.45, 2.75) is 38.8 Å². The summed E-state index contributed by atoms with van der Waals surface area (Å²) in [4.78, 5) is 3.86. The fraction of sp³-hybridized carbons (Fsp3) is 0.316. The lowest BCUT2D eigenvalue weighted by Gasteiger charge is -2.18. The zero-order chi connectivity index (χ0) is 18.0. The van der Waals surface area contributed by atoms with Gasteiger partial charge in [-0.1, -0.05) is 18.5 Å². The van der Waals surface area contributed by atoms with Crippen molar-refractivity contribution in [3.63, 3.8) is 0 Å². The second kappa shape index (κ2) is 7.40. The van der Waals surface area contributed by atoms with Gasteiger partial charge in [-0.2, -0.15) is 0 Å². The van der Waals surface area contributed by atoms with E-state index >= 15 is 0 Å². The molecule has 3 rings (SSSR count). The van der Waals surface area contributed by atoms with Crippen LogP contribution in [0, 0.1) is 11.6 Å². The minimum Gasteiger partial charge on any atom is -0.386 e. The molecule has 0 saturated carbocycles. The lowest BCUT2D eigenvalue weighted by Crippen LogP contribution is -2.20. The second-order valence-corrected chi connectivity index (χ2v) is 6.62. The average molecular weight is 364 g/mol. The van der Waals surface area contributed by atoms with E-state index in [1.807, 2.05) is 13.1 Å². The van der Waals surface area contributed by atoms with Crippen molar-refractivity contribution in [3.8, 4) is 11.1 Å². The molecule has 132 valence electrons. The molecule has 0 bridgehead atoms. The van der Waals surface area contributed by atoms with Crippen LogP contribution in [-0.2, 0) is 0 Å². The third-order valence-electron chi connectivity index (χ3n) is 4.44. The van der Waals surface area contributed by atoms with E-state index in [0.717, 1.165) is 18.5 Å². The maximum Gasteiger partial charge on any atom is 0.131 e. The molecule has 0 amide bonds. The Morgan fingerprint density at radius 1 is 1.32 bits per heavy atom. The van der Waals surface area contributed by atoms with E-state index in [1.54, 1.807) is 6.07 Å². The van der Waals surface area contributed by atoms with Gasteiger partial charge in [0.1, 0.15) is 16.8 Å². The van der Waals surface area contributed by atoms with Crippen molar-refractivity contribution in [2.24, 2.45) is 0 Å². The summed E-state index contributed by atoms with van der Waals surface area (Å²) in [6, 6.07) is 5.64. The van der Waals surface area contributed by atoms with Gasteiger partial charge in [-0.3, -0.25) is 0 Å². The molecule has 3 nitrogen and oxygen atoms in total. The standard InChI is InChI=1S/C19H20ClF2N3/c1-3-13-7-14(10-24-13)25-11(2)15-8-18(22)16(9-17(15)21)12-4-5-23-19(20)6-12/h4-6,8-11,13,24-25H,3,7H2,1-2H3/t11?,13-/m0/s1. The highest BCUT2D eigenvalue weighted by Crippen LogP contribution is 2.29. The van der Waals surface area contributed by atoms with Crippen molar-refractivity contribution in [1.82, 2.24) is 15.6 Å². The molecule has 2 atom stereocenters. The minimum atomic E-state index is -0.489. The summed E-state index contributed by atoms with van der Waals surface area (Å²) < 4.78 is 29.1. The van der Waals surface area contributed by atoms with Crippen LogP contribution in [0.25, 0.3) is 11.1 Å². The molecule has 25 heavy (non-hydrogen) atoms. The van der Waals surface area contributed by atoms with E-state index in [1.165, 1.54) is 24.4 Å². The van der Waals surface area contributed by atoms with Crippen molar-refractivity contribution >= 4 is 11.6 Å². The van der Waals surface area contributed by atoms with Gasteiger partial charge in [0.05, 0.1) is 6.04 Å². The van der Waals surface area contributed by atoms with Gasteiger partial charge in [0.25, 0.3) is 0 Å². The average Bonchev–Trinajstić information content (AvgIpc) is 3.04. The number of rotatable bonds is 5. The van der Waals surface area contributed by atoms with Crippen molar-refractivity contribution in [3.05, 3.63) is 64.7 Å². The number of aromatic nitrogens is 1. The molecule has 0 saturated heterocycles. The molecule has 1 aliphatic rings. The highest BCUT2D eigenvalue weighted by Gasteiger charge is 2.20. The third-order valence-corrected chi connectivity index (χ3v) is 4.65. The second-order valence-electron chi connectivity index (χ2n) is 6.23. The molecule has 1 unspecified atom stereocenters. The van der Waals surface area contributed by atoms with E-state index in [2.05, 4.69) is 22.5 Å². The van der Waals surface area contributed by atoms with Crippen LogP contribution in [0.1, 0.15) is 38.3 Å². The van der Waals surface area contributed by atoms with E-state index in [9.17, 15) is 8.78 Å². The largest absolute Gasteiger partial charge is 0.386 e. The minimum absolute atomic E-state index is 0.172. The Balaban J connectivity index is 1.82. The molecular weight excluding hydrogens is 344 g/mol. The Morgan fingerprint density at radius 3 is 2.80 bits per heavy atom. The zero-order valence-electron chi connectivity index (χ0n) is 14.1. The van der Waals surface area contributed by atoms with E-state index in [-0.39, 0.29) is 16.8 Å². The number of pyridine rings is 1. The van der Waals surface area contributed by atoms with Crippen LogP contribution in [0.3, 0.4) is 0 Å². The first-order valence-electron chi connectivity index (χ1n) is 8.30. The molecule has 1 aromatic carbocycles. The molecule has 0 radical (unpaired) electrons. The molecule has 0 fully saturated rings. The summed E-state index contributed by atoms with van der Waals surface area (Å²) in [6.07, 6.45) is 5.25. The highest BCUT2D eigenvalue weighted by atomic mass is 35.5. The number of nitrogens with one attached hydrogen (secondary N) is 2. The van der Waals surface area contributed by atoms with E-state index in [0.29, 0.717) is 17.2 Å². The summed E-state index contributed by atoms with van der Waals surface area (Å²) in [5, 5.41) is 6.76. The lowest BCUT2D eigenvalue weighted by atomic mass is 10.00. The van der Waals surface area contributed by atoms with Gasteiger partial charge in [0, 0.05) is 41.7 Å². The summed E-state index contributed by atoms with van der Waals surface area (Å²) in [5.41, 5.74) is 1.97. The topological polar surface area (TPSA) is 37.0 Å². The van der Waals surface area contributed by atoms with Gasteiger partial charge < -0.3 is 10.6 Å². The maximum absolute atomic E-state index is 14.6. The van der Waals surface area contributed by atoms with Crippen LogP contribution in [0.5, 0.6) is 0 Å². The Hall–Kier alpha value is -2.14. The predicted octanol–water partition coefficient (Wildman–Crippen LogP) is 4.94. The van der Waals surface area contributed by atoms with Crippen LogP contribution < -0.4 is 10.6 Å². The van der Waals surface area contributed by atoms with Crippen LogP contribution in [0.2, 0.25) is 5.15 Å². The number of halogens is 3. The summed E-state index contributed by atoms with van der Waals surface area (Å²) in [7, 11) is 0. The first kappa shape index (κ1) is 17.7. The molecule has 0 aliphatic carbocycles. The molecule has 2 aromatic rings. The molecule has 2 N–H and O–H groups in total. The smallest absolute Gasteiger partial charge is 0.131 e. The van der Waals surface area contributed by atoms with Crippen molar-refractivity contribution < 1.29 is 8.78 Å². The quantitative estimate of drug-likeness (QED) is 0.738. The van der Waals surface area contributed by atoms with Gasteiger partial charge in [0.15, 0.2) is 0 Å². The predicted molar refractivity (Wildman–Crippen MR) is 96.1 cm³/mol. The SMILES string of the molecule is CC[C@H]1CC(NC(C)c2cc(F)c(-c3ccnc(Cl)c3)cc2F)=CN1. The molecule has 0 spiro atoms. The first-order valence-corrected chi connectivity index (χ1v) is 8.68. The van der Waals surface area contributed by atoms with Gasteiger partial charge >= 0.3 is 0 Å². The summed E-state index contributed by atoms with van der Waals surface area (Å²) >= 11 is 5.84. The van der Waals surface area contributed by atoms with Gasteiger partial charge in [-0.05, 0) is 43.2 Å². The number of hydrogen-bond acceptors (Lipinski definition) is 3. The van der Waals surface area contributed by atoms with E-state index in [4.69, 9.17) is 11.6 Å². The van der Waals surface area contributed by atoms with Gasteiger partial charge in [-0.15, -0.1) is 0 Å². The molecule has 1 aliphatic heterocycles. The Kier molecular flexibility index (Phi) is 5.23. The molecule has 6 heteroatoms. The lowest BCUT2D eigenvalue weighted by molar-refractivity contribution is 0.535. The highest BCUT2D eigenvalue weighted by molar-refractivity contribution is 6.29. The monoisotopic (exact) mass is 363 g/mol. The zero-order valence-corrected chi connectivity index (χ0v) is 14.9. The van der Waals surface area contributed by atoms with Crippen LogP contribution >= 0.6 is 11.6 Å². The number of hydrogen-bond donors (Lipinski definition) is 2. The van der Waals surface area contributed by atoms with E-state index < -0.39 is 11.6 Å². The molecule has 1 aromatic heterocycles. The Bertz CT molecular complexity index is 807. The van der Waals surface area contributed by atoms with Crippen LogP contribution in [0.15, 0.2) is 42.4 Å². The summed E-state index contributed by atoms with van der Waals surface area (Å²) in [5.74, 6) is -0.944. The first-order chi connectivity index (χ1) is 12.0. The Morgan fingerprint density at radius 2 is 2.12 bits per heavy atom. The summed E-state index contributed by atoms with van der Waals surface area (Å²) in [6.45, 7) is 3.93. The molecule has 2 heterocycles. The molecular formula is C19H20ClF2N3. The van der Waals surface area contributed by atoms with Crippen LogP contribution in [0.4, 0.5) is 8.78 Å². The fourth-order valence-corrected chi connectivity index (χ4v) is 3.18. The normalized spacial score (nSPS) is 17.8. The van der Waals surface area contributed by atoms with Crippen molar-refractivity contribution in [1.29, 1.82) is 0 Å².